The summed E-state index contributed by atoms with van der Waals surface area (Å²) in [5, 5.41) is 9.86. The second-order valence-electron chi connectivity index (χ2n) is 4.77. The molecule has 0 radical (unpaired) electrons. The number of anilines is 1. The summed E-state index contributed by atoms with van der Waals surface area (Å²) in [4.78, 5) is 42.7. The quantitative estimate of drug-likeness (QED) is 0.366. The van der Waals surface area contributed by atoms with Gasteiger partial charge in [0.2, 0.25) is 5.75 Å². The number of nitrogens with one attached hydrogen (secondary N) is 1. The van der Waals surface area contributed by atoms with Crippen LogP contribution in [0.3, 0.4) is 0 Å². The molecule has 2 rings (SSSR count). The molecule has 3 atom stereocenters. The number of H-pyrrole nitrogens is 1. The summed E-state index contributed by atoms with van der Waals surface area (Å²) in [7, 11) is -3.54. The molecule has 23 heavy (non-hydrogen) atoms. The van der Waals surface area contributed by atoms with Crippen LogP contribution in [-0.2, 0) is 13.8 Å². The first-order valence-electron chi connectivity index (χ1n) is 6.36. The highest BCUT2D eigenvalue weighted by atomic mass is 31.2. The van der Waals surface area contributed by atoms with Crippen LogP contribution in [0.15, 0.2) is 9.59 Å². The Morgan fingerprint density at radius 1 is 1.48 bits per heavy atom. The molecule has 0 saturated carbocycles. The average molecular weight is 353 g/mol. The number of aromatic amines is 1. The van der Waals surface area contributed by atoms with E-state index in [0.29, 0.717) is 0 Å². The summed E-state index contributed by atoms with van der Waals surface area (Å²) in [6.07, 6.45) is -3.41. The van der Waals surface area contributed by atoms with Gasteiger partial charge in [0.25, 0.3) is 5.56 Å². The van der Waals surface area contributed by atoms with E-state index in [1.54, 1.807) is 0 Å². The van der Waals surface area contributed by atoms with Gasteiger partial charge in [0.15, 0.2) is 5.82 Å². The molecule has 0 aliphatic carbocycles. The number of ether oxygens (including phenoxy) is 2. The molecule has 0 aromatic carbocycles. The third-order valence-corrected chi connectivity index (χ3v) is 3.73. The molecule has 2 heterocycles. The number of nitrogens with two attached hydrogens (primary N) is 1. The van der Waals surface area contributed by atoms with Gasteiger partial charge in [-0.05, 0) is 0 Å². The van der Waals surface area contributed by atoms with Crippen molar-refractivity contribution >= 4 is 13.6 Å². The molecular formula is C10H16N3O9P. The Morgan fingerprint density at radius 3 is 2.70 bits per heavy atom. The van der Waals surface area contributed by atoms with Gasteiger partial charge in [-0.1, -0.05) is 0 Å². The van der Waals surface area contributed by atoms with E-state index < -0.39 is 44.1 Å². The van der Waals surface area contributed by atoms with E-state index in [1.165, 1.54) is 7.11 Å². The van der Waals surface area contributed by atoms with Crippen molar-refractivity contribution < 1.29 is 33.5 Å². The number of phosphoric acid groups is 1. The lowest BCUT2D eigenvalue weighted by Gasteiger charge is -2.18. The maximum absolute atomic E-state index is 11.9. The molecule has 12 nitrogen and oxygen atoms in total. The standard InChI is InChI=1S/C10H16N3O9P/c1-20-7-8(11)13(10(16)12-9(7)15)6-2-4(14)5(22-6)3-21-23(17,18)19/h4-6,14H,2-3,11H2,1H3,(H,12,15,16)(H2,17,18,19)/t4-,5+,6+/m0/s1. The van der Waals surface area contributed by atoms with Crippen molar-refractivity contribution in [3.63, 3.8) is 0 Å². The van der Waals surface area contributed by atoms with Crippen LogP contribution in [0.1, 0.15) is 12.6 Å². The van der Waals surface area contributed by atoms with Crippen LogP contribution in [0.5, 0.6) is 5.75 Å². The molecule has 1 aliphatic rings. The number of hydrogen-bond donors (Lipinski definition) is 5. The molecular weight excluding hydrogens is 337 g/mol. The highest BCUT2D eigenvalue weighted by molar-refractivity contribution is 7.46. The van der Waals surface area contributed by atoms with Crippen LogP contribution in [-0.4, -0.2) is 50.4 Å². The third-order valence-electron chi connectivity index (χ3n) is 3.24. The minimum atomic E-state index is -4.73. The van der Waals surface area contributed by atoms with Crippen LogP contribution < -0.4 is 21.7 Å². The van der Waals surface area contributed by atoms with Gasteiger partial charge in [0.1, 0.15) is 12.3 Å². The summed E-state index contributed by atoms with van der Waals surface area (Å²) in [5.74, 6) is -0.590. The maximum atomic E-state index is 11.9. The summed E-state index contributed by atoms with van der Waals surface area (Å²) in [6.45, 7) is -0.586. The largest absolute Gasteiger partial charge is 0.489 e. The topological polar surface area (TPSA) is 186 Å². The molecule has 1 fully saturated rings. The van der Waals surface area contributed by atoms with E-state index in [2.05, 4.69) is 4.52 Å². The number of aromatic nitrogens is 2. The lowest BCUT2D eigenvalue weighted by molar-refractivity contribution is -0.0444. The minimum Gasteiger partial charge on any atom is -0.489 e. The zero-order valence-electron chi connectivity index (χ0n) is 11.9. The van der Waals surface area contributed by atoms with E-state index in [0.717, 1.165) is 4.57 Å². The summed E-state index contributed by atoms with van der Waals surface area (Å²) in [5.41, 5.74) is 4.02. The van der Waals surface area contributed by atoms with E-state index in [4.69, 9.17) is 25.0 Å². The fourth-order valence-corrected chi connectivity index (χ4v) is 2.57. The first-order valence-corrected chi connectivity index (χ1v) is 7.89. The van der Waals surface area contributed by atoms with Gasteiger partial charge >= 0.3 is 13.5 Å². The van der Waals surface area contributed by atoms with Crippen LogP contribution in [0.25, 0.3) is 0 Å². The van der Waals surface area contributed by atoms with Gasteiger partial charge in [-0.15, -0.1) is 0 Å². The van der Waals surface area contributed by atoms with Crippen molar-refractivity contribution in [2.45, 2.75) is 24.9 Å². The maximum Gasteiger partial charge on any atom is 0.469 e. The Morgan fingerprint density at radius 2 is 2.13 bits per heavy atom. The Hall–Kier alpha value is -1.69. The van der Waals surface area contributed by atoms with Crippen molar-refractivity contribution in [2.24, 2.45) is 0 Å². The van der Waals surface area contributed by atoms with E-state index in [9.17, 15) is 19.3 Å². The van der Waals surface area contributed by atoms with Gasteiger partial charge in [-0.3, -0.25) is 14.3 Å². The van der Waals surface area contributed by atoms with Crippen molar-refractivity contribution in [1.82, 2.24) is 9.55 Å². The monoisotopic (exact) mass is 353 g/mol. The normalized spacial score (nSPS) is 24.8. The first-order chi connectivity index (χ1) is 10.6. The third kappa shape index (κ3) is 3.80. The minimum absolute atomic E-state index is 0.103. The van der Waals surface area contributed by atoms with Gasteiger partial charge in [-0.25, -0.2) is 13.9 Å². The summed E-state index contributed by atoms with van der Waals surface area (Å²) < 4.78 is 26.0. The Labute approximate surface area is 128 Å². The van der Waals surface area contributed by atoms with Crippen LogP contribution in [0.2, 0.25) is 0 Å². The number of rotatable bonds is 5. The Kier molecular flexibility index (Phi) is 4.94. The lowest BCUT2D eigenvalue weighted by Crippen LogP contribution is -2.35. The number of methoxy groups -OCH3 is 1. The fraction of sp³-hybridized carbons (Fsp3) is 0.600. The molecule has 1 aromatic rings. The molecule has 130 valence electrons. The van der Waals surface area contributed by atoms with Crippen LogP contribution >= 0.6 is 7.82 Å². The van der Waals surface area contributed by atoms with Gasteiger partial charge in [-0.2, -0.15) is 0 Å². The molecule has 0 unspecified atom stereocenters. The van der Waals surface area contributed by atoms with Crippen molar-refractivity contribution in [3.8, 4) is 5.75 Å². The van der Waals surface area contributed by atoms with E-state index in [-0.39, 0.29) is 18.0 Å². The van der Waals surface area contributed by atoms with Gasteiger partial charge in [0.05, 0.1) is 19.8 Å². The Bertz CT molecular complexity index is 738. The molecule has 0 amide bonds. The number of aliphatic hydroxyl groups excluding tert-OH is 1. The predicted octanol–water partition coefficient (Wildman–Crippen LogP) is -2.11. The molecule has 0 spiro atoms. The number of hydrogen-bond acceptors (Lipinski definition) is 8. The fourth-order valence-electron chi connectivity index (χ4n) is 2.23. The number of aliphatic hydroxyl groups is 1. The van der Waals surface area contributed by atoms with Crippen molar-refractivity contribution in [2.75, 3.05) is 19.5 Å². The molecule has 1 aliphatic heterocycles. The number of nitrogens with zero attached hydrogens (tertiary/aromatic N) is 1. The zero-order chi connectivity index (χ0) is 17.4. The second kappa shape index (κ2) is 6.43. The summed E-state index contributed by atoms with van der Waals surface area (Å²) in [6, 6.07) is 0. The Balaban J connectivity index is 2.26. The highest BCUT2D eigenvalue weighted by Crippen LogP contribution is 2.38. The molecule has 6 N–H and O–H groups in total. The van der Waals surface area contributed by atoms with Crippen molar-refractivity contribution in [3.05, 3.63) is 20.8 Å². The number of nitrogen functional groups attached to an aromatic ring is 1. The summed E-state index contributed by atoms with van der Waals surface area (Å²) >= 11 is 0. The van der Waals surface area contributed by atoms with Crippen LogP contribution in [0, 0.1) is 0 Å². The van der Waals surface area contributed by atoms with E-state index in [1.807, 2.05) is 4.98 Å². The second-order valence-corrected chi connectivity index (χ2v) is 6.01. The molecule has 13 heteroatoms. The molecule has 1 aromatic heterocycles. The van der Waals surface area contributed by atoms with E-state index >= 15 is 0 Å². The zero-order valence-corrected chi connectivity index (χ0v) is 12.8. The SMILES string of the molecule is COc1c(N)n([C@H]2C[C@H](O)[C@@H](COP(=O)(O)O)O2)c(=O)[nH]c1=O. The highest BCUT2D eigenvalue weighted by Gasteiger charge is 2.38. The first kappa shape index (κ1) is 17.7. The predicted molar refractivity (Wildman–Crippen MR) is 74.8 cm³/mol. The molecule has 0 bridgehead atoms. The lowest BCUT2D eigenvalue weighted by atomic mass is 10.2. The van der Waals surface area contributed by atoms with Crippen molar-refractivity contribution in [1.29, 1.82) is 0 Å². The average Bonchev–Trinajstić information content (AvgIpc) is 2.76. The van der Waals surface area contributed by atoms with Crippen LogP contribution in [0.4, 0.5) is 5.82 Å². The number of phosphoric ester groups is 1. The van der Waals surface area contributed by atoms with Gasteiger partial charge in [0, 0.05) is 6.42 Å². The smallest absolute Gasteiger partial charge is 0.469 e. The molecule has 1 saturated heterocycles. The van der Waals surface area contributed by atoms with Gasteiger partial charge < -0.3 is 30.1 Å².